The van der Waals surface area contributed by atoms with Crippen LogP contribution in [0.25, 0.3) is 11.1 Å². The molecule has 1 aliphatic rings. The molecular weight excluding hydrogens is 429 g/mol. The molecule has 4 nitrogen and oxygen atoms in total. The van der Waals surface area contributed by atoms with Gasteiger partial charge in [-0.2, -0.15) is 13.2 Å². The van der Waals surface area contributed by atoms with Crippen LogP contribution in [0.2, 0.25) is 0 Å². The number of aliphatic hydroxyl groups excluding tert-OH is 1. The SMILES string of the molecule is O=C(N[C@@H](CCO)c1ccccc1)N1CCc2c(cccc2-c2ccc(C(F)(F)F)cc2)C1. The van der Waals surface area contributed by atoms with Gasteiger partial charge in [0, 0.05) is 19.7 Å². The van der Waals surface area contributed by atoms with Crippen LogP contribution in [0.1, 0.15) is 34.7 Å². The molecule has 1 aliphatic heterocycles. The maximum absolute atomic E-state index is 13.0. The number of fused-ring (bicyclic) bond motifs is 1. The zero-order valence-corrected chi connectivity index (χ0v) is 18.0. The van der Waals surface area contributed by atoms with E-state index in [2.05, 4.69) is 5.32 Å². The Balaban J connectivity index is 1.50. The average molecular weight is 454 g/mol. The number of benzene rings is 3. The molecule has 0 saturated carbocycles. The predicted octanol–water partition coefficient (Wildman–Crippen LogP) is 5.56. The third-order valence-electron chi connectivity index (χ3n) is 5.99. The first kappa shape index (κ1) is 22.9. The van der Waals surface area contributed by atoms with Crippen molar-refractivity contribution >= 4 is 6.03 Å². The van der Waals surface area contributed by atoms with Gasteiger partial charge in [0.2, 0.25) is 0 Å². The highest BCUT2D eigenvalue weighted by atomic mass is 19.4. The molecule has 0 aliphatic carbocycles. The maximum Gasteiger partial charge on any atom is 0.416 e. The van der Waals surface area contributed by atoms with Crippen LogP contribution in [-0.4, -0.2) is 29.2 Å². The summed E-state index contributed by atoms with van der Waals surface area (Å²) in [4.78, 5) is 14.7. The van der Waals surface area contributed by atoms with E-state index >= 15 is 0 Å². The number of urea groups is 1. The van der Waals surface area contributed by atoms with Crippen LogP contribution in [0.15, 0.2) is 72.8 Å². The number of aliphatic hydroxyl groups is 1. The molecule has 3 aromatic rings. The lowest BCUT2D eigenvalue weighted by molar-refractivity contribution is -0.137. The molecule has 2 N–H and O–H groups in total. The van der Waals surface area contributed by atoms with Crippen LogP contribution >= 0.6 is 0 Å². The van der Waals surface area contributed by atoms with Gasteiger partial charge in [-0.25, -0.2) is 4.79 Å². The second-order valence-electron chi connectivity index (χ2n) is 8.11. The number of amides is 2. The Labute approximate surface area is 190 Å². The van der Waals surface area contributed by atoms with E-state index in [4.69, 9.17) is 0 Å². The van der Waals surface area contributed by atoms with Gasteiger partial charge in [0.1, 0.15) is 0 Å². The summed E-state index contributed by atoms with van der Waals surface area (Å²) in [6, 6.07) is 19.9. The fourth-order valence-corrected chi connectivity index (χ4v) is 4.27. The number of halogens is 3. The van der Waals surface area contributed by atoms with Crippen LogP contribution in [0.3, 0.4) is 0 Å². The molecule has 1 atom stereocenters. The van der Waals surface area contributed by atoms with Crippen molar-refractivity contribution in [3.05, 3.63) is 95.1 Å². The summed E-state index contributed by atoms with van der Waals surface area (Å²) in [7, 11) is 0. The molecule has 2 amide bonds. The molecule has 4 rings (SSSR count). The Morgan fingerprint density at radius 2 is 1.73 bits per heavy atom. The minimum absolute atomic E-state index is 0.0425. The Kier molecular flexibility index (Phi) is 6.70. The molecule has 3 aromatic carbocycles. The van der Waals surface area contributed by atoms with E-state index in [9.17, 15) is 23.1 Å². The third kappa shape index (κ3) is 5.20. The minimum atomic E-state index is -4.36. The van der Waals surface area contributed by atoms with Crippen molar-refractivity contribution in [2.24, 2.45) is 0 Å². The number of carbonyl (C=O) groups excluding carboxylic acids is 1. The number of nitrogens with one attached hydrogen (secondary N) is 1. The van der Waals surface area contributed by atoms with E-state index in [0.717, 1.165) is 39.9 Å². The highest BCUT2D eigenvalue weighted by Crippen LogP contribution is 2.34. The molecular formula is C26H25F3N2O2. The maximum atomic E-state index is 13.0. The normalized spacial score (nSPS) is 14.5. The first-order valence-corrected chi connectivity index (χ1v) is 10.9. The van der Waals surface area contributed by atoms with Crippen LogP contribution < -0.4 is 5.32 Å². The van der Waals surface area contributed by atoms with Gasteiger partial charge < -0.3 is 15.3 Å². The Bertz CT molecular complexity index is 1100. The lowest BCUT2D eigenvalue weighted by atomic mass is 9.90. The molecule has 0 spiro atoms. The van der Waals surface area contributed by atoms with Crippen molar-refractivity contribution < 1.29 is 23.1 Å². The first-order valence-electron chi connectivity index (χ1n) is 10.9. The molecule has 172 valence electrons. The highest BCUT2D eigenvalue weighted by Gasteiger charge is 2.30. The number of hydrogen-bond donors (Lipinski definition) is 2. The number of alkyl halides is 3. The van der Waals surface area contributed by atoms with Gasteiger partial charge >= 0.3 is 12.2 Å². The Morgan fingerprint density at radius 3 is 2.39 bits per heavy atom. The topological polar surface area (TPSA) is 52.6 Å². The summed E-state index contributed by atoms with van der Waals surface area (Å²) in [6.45, 7) is 0.868. The average Bonchev–Trinajstić information content (AvgIpc) is 2.83. The molecule has 0 bridgehead atoms. The molecule has 0 fully saturated rings. The Morgan fingerprint density at radius 1 is 1.00 bits per heavy atom. The minimum Gasteiger partial charge on any atom is -0.396 e. The molecule has 0 unspecified atom stereocenters. The van der Waals surface area contributed by atoms with Gasteiger partial charge in [-0.05, 0) is 52.8 Å². The summed E-state index contributed by atoms with van der Waals surface area (Å²) in [6.07, 6.45) is -3.34. The van der Waals surface area contributed by atoms with E-state index in [-0.39, 0.29) is 18.7 Å². The van der Waals surface area contributed by atoms with E-state index in [0.29, 0.717) is 25.9 Å². The van der Waals surface area contributed by atoms with Crippen molar-refractivity contribution in [3.8, 4) is 11.1 Å². The van der Waals surface area contributed by atoms with Crippen LogP contribution in [0.4, 0.5) is 18.0 Å². The van der Waals surface area contributed by atoms with Gasteiger partial charge in [-0.15, -0.1) is 0 Å². The zero-order valence-electron chi connectivity index (χ0n) is 18.0. The lowest BCUT2D eigenvalue weighted by Crippen LogP contribution is -2.44. The zero-order chi connectivity index (χ0) is 23.4. The quantitative estimate of drug-likeness (QED) is 0.530. The number of nitrogens with zero attached hydrogens (tertiary/aromatic N) is 1. The van der Waals surface area contributed by atoms with Crippen LogP contribution in [-0.2, 0) is 19.1 Å². The Hall–Kier alpha value is -3.32. The summed E-state index contributed by atoms with van der Waals surface area (Å²) in [5, 5.41) is 12.4. The standard InChI is InChI=1S/C26H25F3N2O2/c27-26(28,29)21-11-9-18(10-12-21)22-8-4-7-20-17-31(15-13-23(20)22)25(33)30-24(14-16-32)19-5-2-1-3-6-19/h1-12,24,32H,13-17H2,(H,30,33)/t24-/m0/s1. The monoisotopic (exact) mass is 454 g/mol. The fraction of sp³-hybridized carbons (Fsp3) is 0.269. The third-order valence-corrected chi connectivity index (χ3v) is 5.99. The highest BCUT2D eigenvalue weighted by molar-refractivity contribution is 5.76. The van der Waals surface area contributed by atoms with Crippen LogP contribution in [0, 0.1) is 0 Å². The van der Waals surface area contributed by atoms with E-state index in [1.807, 2.05) is 48.5 Å². The largest absolute Gasteiger partial charge is 0.416 e. The summed E-state index contributed by atoms with van der Waals surface area (Å²) < 4.78 is 38.7. The van der Waals surface area contributed by atoms with Crippen molar-refractivity contribution in [1.82, 2.24) is 10.2 Å². The van der Waals surface area contributed by atoms with Crippen molar-refractivity contribution in [1.29, 1.82) is 0 Å². The number of carbonyl (C=O) groups is 1. The van der Waals surface area contributed by atoms with Gasteiger partial charge in [0.05, 0.1) is 11.6 Å². The molecule has 1 heterocycles. The van der Waals surface area contributed by atoms with Crippen molar-refractivity contribution in [2.75, 3.05) is 13.2 Å². The summed E-state index contributed by atoms with van der Waals surface area (Å²) in [5.74, 6) is 0. The second-order valence-corrected chi connectivity index (χ2v) is 8.11. The fourth-order valence-electron chi connectivity index (χ4n) is 4.27. The molecule has 7 heteroatoms. The van der Waals surface area contributed by atoms with Crippen LogP contribution in [0.5, 0.6) is 0 Å². The molecule has 0 radical (unpaired) electrons. The summed E-state index contributed by atoms with van der Waals surface area (Å²) in [5.41, 5.74) is 3.91. The van der Waals surface area contributed by atoms with Gasteiger partial charge in [0.15, 0.2) is 0 Å². The van der Waals surface area contributed by atoms with E-state index < -0.39 is 11.7 Å². The van der Waals surface area contributed by atoms with Gasteiger partial charge in [0.25, 0.3) is 0 Å². The lowest BCUT2D eigenvalue weighted by Gasteiger charge is -2.32. The first-order chi connectivity index (χ1) is 15.9. The molecule has 0 saturated heterocycles. The summed E-state index contributed by atoms with van der Waals surface area (Å²) >= 11 is 0. The van der Waals surface area contributed by atoms with E-state index in [1.165, 1.54) is 12.1 Å². The molecule has 33 heavy (non-hydrogen) atoms. The number of hydrogen-bond acceptors (Lipinski definition) is 2. The predicted molar refractivity (Wildman–Crippen MR) is 120 cm³/mol. The van der Waals surface area contributed by atoms with E-state index in [1.54, 1.807) is 4.90 Å². The van der Waals surface area contributed by atoms with Crippen molar-refractivity contribution in [3.63, 3.8) is 0 Å². The molecule has 0 aromatic heterocycles. The second kappa shape index (κ2) is 9.67. The van der Waals surface area contributed by atoms with Gasteiger partial charge in [-0.3, -0.25) is 0 Å². The van der Waals surface area contributed by atoms with Gasteiger partial charge in [-0.1, -0.05) is 60.7 Å². The smallest absolute Gasteiger partial charge is 0.396 e. The number of rotatable bonds is 5. The van der Waals surface area contributed by atoms with Crippen molar-refractivity contribution in [2.45, 2.75) is 31.6 Å².